The van der Waals surface area contributed by atoms with Gasteiger partial charge in [-0.3, -0.25) is 15.1 Å². The molecule has 96 valence electrons. The molecule has 1 aromatic rings. The van der Waals surface area contributed by atoms with Crippen molar-refractivity contribution in [1.82, 2.24) is 15.2 Å². The molecule has 18 heavy (non-hydrogen) atoms. The van der Waals surface area contributed by atoms with E-state index in [-0.39, 0.29) is 11.9 Å². The number of nitrogens with one attached hydrogen (secondary N) is 1. The van der Waals surface area contributed by atoms with Crippen LogP contribution in [0.2, 0.25) is 5.02 Å². The number of imide groups is 1. The monoisotopic (exact) mass is 267 g/mol. The number of amides is 3. The van der Waals surface area contributed by atoms with Gasteiger partial charge < -0.3 is 4.90 Å². The van der Waals surface area contributed by atoms with Gasteiger partial charge in [0.15, 0.2) is 0 Å². The second kappa shape index (κ2) is 4.57. The van der Waals surface area contributed by atoms with Crippen LogP contribution < -0.4 is 5.32 Å². The van der Waals surface area contributed by atoms with Crippen molar-refractivity contribution in [2.45, 2.75) is 32.4 Å². The fourth-order valence-corrected chi connectivity index (χ4v) is 2.13. The molecule has 2 heterocycles. The van der Waals surface area contributed by atoms with Gasteiger partial charge in [0.2, 0.25) is 0 Å². The van der Waals surface area contributed by atoms with Crippen LogP contribution in [0, 0.1) is 0 Å². The third-order valence-electron chi connectivity index (χ3n) is 3.42. The molecule has 0 spiro atoms. The number of pyridine rings is 1. The lowest BCUT2D eigenvalue weighted by Gasteiger charge is -2.30. The Balaban J connectivity index is 2.30. The molecule has 1 N–H and O–H groups in total. The van der Waals surface area contributed by atoms with E-state index in [2.05, 4.69) is 10.3 Å². The minimum absolute atomic E-state index is 0.264. The quantitative estimate of drug-likeness (QED) is 0.852. The number of carbonyl (C=O) groups is 2. The van der Waals surface area contributed by atoms with Gasteiger partial charge in [0.1, 0.15) is 5.54 Å². The second-order valence-electron chi connectivity index (χ2n) is 4.44. The van der Waals surface area contributed by atoms with Crippen LogP contribution in [0.1, 0.15) is 25.8 Å². The smallest absolute Gasteiger partial charge is 0.306 e. The molecule has 0 saturated carbocycles. The molecule has 1 atom stereocenters. The van der Waals surface area contributed by atoms with Gasteiger partial charge in [0.05, 0.1) is 11.6 Å². The highest BCUT2D eigenvalue weighted by molar-refractivity contribution is 6.31. The van der Waals surface area contributed by atoms with Crippen LogP contribution in [0.5, 0.6) is 0 Å². The molecule has 6 heteroatoms. The fourth-order valence-electron chi connectivity index (χ4n) is 1.95. The van der Waals surface area contributed by atoms with Crippen molar-refractivity contribution in [2.75, 3.05) is 0 Å². The van der Waals surface area contributed by atoms with Crippen molar-refractivity contribution >= 4 is 23.5 Å². The van der Waals surface area contributed by atoms with Gasteiger partial charge in [-0.2, -0.15) is 0 Å². The Morgan fingerprint density at radius 2 is 2.22 bits per heavy atom. The van der Waals surface area contributed by atoms with Crippen molar-refractivity contribution in [3.8, 4) is 0 Å². The van der Waals surface area contributed by atoms with E-state index < -0.39 is 5.54 Å². The van der Waals surface area contributed by atoms with Crippen molar-refractivity contribution in [3.63, 3.8) is 0 Å². The lowest BCUT2D eigenvalue weighted by atomic mass is 9.97. The highest BCUT2D eigenvalue weighted by Crippen LogP contribution is 2.28. The summed E-state index contributed by atoms with van der Waals surface area (Å²) in [4.78, 5) is 29.0. The van der Waals surface area contributed by atoms with E-state index in [1.54, 1.807) is 19.2 Å². The topological polar surface area (TPSA) is 62.3 Å². The molecule has 0 radical (unpaired) electrons. The van der Waals surface area contributed by atoms with Crippen LogP contribution in [0.3, 0.4) is 0 Å². The molecule has 1 unspecified atom stereocenters. The summed E-state index contributed by atoms with van der Waals surface area (Å²) in [7, 11) is 0. The first kappa shape index (κ1) is 12.8. The summed E-state index contributed by atoms with van der Waals surface area (Å²) in [6.07, 6.45) is 3.68. The molecule has 1 saturated heterocycles. The second-order valence-corrected chi connectivity index (χ2v) is 4.85. The van der Waals surface area contributed by atoms with Gasteiger partial charge >= 0.3 is 6.03 Å². The Morgan fingerprint density at radius 3 is 2.83 bits per heavy atom. The van der Waals surface area contributed by atoms with Gasteiger partial charge in [0.25, 0.3) is 5.91 Å². The molecule has 1 aromatic heterocycles. The van der Waals surface area contributed by atoms with Crippen LogP contribution in [0.25, 0.3) is 0 Å². The SMILES string of the molecule is CCC1(C)C(=O)NC(=O)N1Cc1ccncc1Cl. The number of hydrogen-bond donors (Lipinski definition) is 1. The average molecular weight is 268 g/mol. The first-order valence-electron chi connectivity index (χ1n) is 5.70. The van der Waals surface area contributed by atoms with Crippen molar-refractivity contribution < 1.29 is 9.59 Å². The number of carbonyl (C=O) groups excluding carboxylic acids is 2. The summed E-state index contributed by atoms with van der Waals surface area (Å²) < 4.78 is 0. The standard InChI is InChI=1S/C12H14ClN3O2/c1-3-12(2)10(17)15-11(18)16(12)7-8-4-5-14-6-9(8)13/h4-6H,3,7H2,1-2H3,(H,15,17,18). The highest BCUT2D eigenvalue weighted by atomic mass is 35.5. The Hall–Kier alpha value is -1.62. The number of halogens is 1. The van der Waals surface area contributed by atoms with Gasteiger partial charge in [-0.1, -0.05) is 18.5 Å². The number of urea groups is 1. The van der Waals surface area contributed by atoms with E-state index >= 15 is 0 Å². The molecule has 1 fully saturated rings. The zero-order valence-corrected chi connectivity index (χ0v) is 11.0. The Kier molecular flexibility index (Phi) is 3.26. The summed E-state index contributed by atoms with van der Waals surface area (Å²) in [5.41, 5.74) is -0.0415. The molecule has 0 bridgehead atoms. The van der Waals surface area contributed by atoms with Crippen LogP contribution in [0.4, 0.5) is 4.79 Å². The molecule has 0 aliphatic carbocycles. The number of rotatable bonds is 3. The number of aromatic nitrogens is 1. The van der Waals surface area contributed by atoms with E-state index in [0.717, 1.165) is 5.56 Å². The molecule has 2 rings (SSSR count). The summed E-state index contributed by atoms with van der Waals surface area (Å²) in [5, 5.41) is 2.83. The van der Waals surface area contributed by atoms with E-state index in [1.165, 1.54) is 11.1 Å². The van der Waals surface area contributed by atoms with Gasteiger partial charge in [-0.05, 0) is 25.0 Å². The van der Waals surface area contributed by atoms with Gasteiger partial charge in [0, 0.05) is 12.4 Å². The zero-order chi connectivity index (χ0) is 13.3. The maximum atomic E-state index is 11.8. The zero-order valence-electron chi connectivity index (χ0n) is 10.2. The summed E-state index contributed by atoms with van der Waals surface area (Å²) in [5.74, 6) is -0.264. The first-order valence-corrected chi connectivity index (χ1v) is 6.08. The summed E-state index contributed by atoms with van der Waals surface area (Å²) in [6, 6.07) is 1.37. The van der Waals surface area contributed by atoms with Crippen LogP contribution in [-0.2, 0) is 11.3 Å². The molecule has 1 aliphatic rings. The minimum atomic E-state index is -0.816. The molecular formula is C12H14ClN3O2. The Morgan fingerprint density at radius 1 is 1.50 bits per heavy atom. The molecular weight excluding hydrogens is 254 g/mol. The fraction of sp³-hybridized carbons (Fsp3) is 0.417. The van der Waals surface area contributed by atoms with Crippen LogP contribution >= 0.6 is 11.6 Å². The summed E-state index contributed by atoms with van der Waals surface area (Å²) >= 11 is 6.02. The van der Waals surface area contributed by atoms with E-state index in [9.17, 15) is 9.59 Å². The Labute approximate surface area is 110 Å². The number of nitrogens with zero attached hydrogens (tertiary/aromatic N) is 2. The van der Waals surface area contributed by atoms with Crippen LogP contribution in [-0.4, -0.2) is 27.4 Å². The summed E-state index contributed by atoms with van der Waals surface area (Å²) in [6.45, 7) is 3.92. The van der Waals surface area contributed by atoms with Crippen molar-refractivity contribution in [3.05, 3.63) is 29.0 Å². The van der Waals surface area contributed by atoms with Crippen molar-refractivity contribution in [2.24, 2.45) is 0 Å². The van der Waals surface area contributed by atoms with E-state index in [0.29, 0.717) is 18.0 Å². The first-order chi connectivity index (χ1) is 8.49. The maximum absolute atomic E-state index is 11.8. The molecule has 5 nitrogen and oxygen atoms in total. The lowest BCUT2D eigenvalue weighted by Crippen LogP contribution is -2.46. The number of hydrogen-bond acceptors (Lipinski definition) is 3. The average Bonchev–Trinajstić information content (AvgIpc) is 2.56. The van der Waals surface area contributed by atoms with Crippen molar-refractivity contribution in [1.29, 1.82) is 0 Å². The molecule has 3 amide bonds. The normalized spacial score (nSPS) is 23.4. The third-order valence-corrected chi connectivity index (χ3v) is 3.76. The minimum Gasteiger partial charge on any atom is -0.306 e. The lowest BCUT2D eigenvalue weighted by molar-refractivity contribution is -0.126. The molecule has 0 aromatic carbocycles. The predicted octanol–water partition coefficient (Wildman–Crippen LogP) is 1.96. The highest BCUT2D eigenvalue weighted by Gasteiger charge is 2.47. The van der Waals surface area contributed by atoms with Gasteiger partial charge in [-0.15, -0.1) is 0 Å². The van der Waals surface area contributed by atoms with Crippen LogP contribution in [0.15, 0.2) is 18.5 Å². The van der Waals surface area contributed by atoms with Gasteiger partial charge in [-0.25, -0.2) is 4.79 Å². The maximum Gasteiger partial charge on any atom is 0.325 e. The predicted molar refractivity (Wildman–Crippen MR) is 67.0 cm³/mol. The van der Waals surface area contributed by atoms with E-state index in [1.807, 2.05) is 6.92 Å². The Bertz CT molecular complexity index is 506. The van der Waals surface area contributed by atoms with E-state index in [4.69, 9.17) is 11.6 Å². The third kappa shape index (κ3) is 1.95. The largest absolute Gasteiger partial charge is 0.325 e. The molecule has 1 aliphatic heterocycles.